The maximum atomic E-state index is 11.1. The zero-order chi connectivity index (χ0) is 22.5. The van der Waals surface area contributed by atoms with Crippen molar-refractivity contribution in [2.75, 3.05) is 32.8 Å². The van der Waals surface area contributed by atoms with E-state index in [1.807, 2.05) is 19.1 Å². The molecule has 0 radical (unpaired) electrons. The van der Waals surface area contributed by atoms with Crippen molar-refractivity contribution in [3.05, 3.63) is 29.8 Å². The summed E-state index contributed by atoms with van der Waals surface area (Å²) in [6.45, 7) is 6.13. The molecule has 8 heteroatoms. The lowest BCUT2D eigenvalue weighted by molar-refractivity contribution is -0.138. The number of hydrogen-bond donors (Lipinski definition) is 5. The van der Waals surface area contributed by atoms with Crippen molar-refractivity contribution < 1.29 is 24.5 Å². The lowest BCUT2D eigenvalue weighted by atomic mass is 10.2. The number of ether oxygens (including phenoxy) is 1. The van der Waals surface area contributed by atoms with Crippen molar-refractivity contribution in [3.63, 3.8) is 0 Å². The van der Waals surface area contributed by atoms with Gasteiger partial charge in [0, 0.05) is 6.54 Å². The van der Waals surface area contributed by atoms with E-state index in [1.165, 1.54) is 12.8 Å². The predicted molar refractivity (Wildman–Crippen MR) is 115 cm³/mol. The molecular formula is C21H35N3O5. The molecule has 1 aromatic carbocycles. The molecule has 1 amide bonds. The summed E-state index contributed by atoms with van der Waals surface area (Å²) >= 11 is 0. The molecule has 0 aliphatic carbocycles. The lowest BCUT2D eigenvalue weighted by Gasteiger charge is -2.06. The van der Waals surface area contributed by atoms with E-state index in [1.54, 1.807) is 12.1 Å². The highest BCUT2D eigenvalue weighted by atomic mass is 16.5. The molecule has 8 nitrogen and oxygen atoms in total. The van der Waals surface area contributed by atoms with E-state index < -0.39 is 18.4 Å². The van der Waals surface area contributed by atoms with Gasteiger partial charge in [-0.1, -0.05) is 31.0 Å². The molecule has 164 valence electrons. The highest BCUT2D eigenvalue weighted by Crippen LogP contribution is 2.10. The number of amides is 1. The van der Waals surface area contributed by atoms with Crippen molar-refractivity contribution in [2.24, 2.45) is 5.73 Å². The van der Waals surface area contributed by atoms with Crippen LogP contribution in [-0.2, 0) is 9.59 Å². The molecule has 0 aromatic heterocycles. The number of aliphatic carboxylic acids is 1. The standard InChI is InChI=1S/C11H13NO4.C4H9NO.C4H11N.C2H2/c1-8-2-4-9(5-3-8)16-7-10(13)12-6-11(14)15;6-4-1-2-5-3-4;1-2-3-4-5;1-2/h2-5H,6-7H2,1H3,(H,12,13)(H,14,15);4-6H,1-3H2;2-5H2,1H3;1-2H/t;4-;;/m.1../s1. The second kappa shape index (κ2) is 20.1. The van der Waals surface area contributed by atoms with Crippen LogP contribution < -0.4 is 21.1 Å². The zero-order valence-electron chi connectivity index (χ0n) is 17.4. The van der Waals surface area contributed by atoms with E-state index in [0.717, 1.165) is 31.6 Å². The Balaban J connectivity index is 0. The molecule has 1 aliphatic rings. The Kier molecular flexibility index (Phi) is 19.9. The Morgan fingerprint density at radius 1 is 1.31 bits per heavy atom. The average Bonchev–Trinajstić information content (AvgIpc) is 3.20. The zero-order valence-corrected chi connectivity index (χ0v) is 17.4. The molecule has 0 bridgehead atoms. The van der Waals surface area contributed by atoms with Crippen LogP contribution in [0.5, 0.6) is 5.75 Å². The Morgan fingerprint density at radius 2 is 1.93 bits per heavy atom. The van der Waals surface area contributed by atoms with E-state index in [0.29, 0.717) is 5.75 Å². The number of nitrogens with one attached hydrogen (secondary N) is 2. The van der Waals surface area contributed by atoms with Crippen LogP contribution in [0, 0.1) is 19.8 Å². The van der Waals surface area contributed by atoms with Crippen molar-refractivity contribution in [2.45, 2.75) is 39.2 Å². The molecule has 1 heterocycles. The monoisotopic (exact) mass is 409 g/mol. The van der Waals surface area contributed by atoms with Crippen LogP contribution >= 0.6 is 0 Å². The number of nitrogens with two attached hydrogens (primary N) is 1. The number of benzene rings is 1. The summed E-state index contributed by atoms with van der Waals surface area (Å²) in [5, 5.41) is 22.2. The minimum Gasteiger partial charge on any atom is -0.484 e. The van der Waals surface area contributed by atoms with Crippen molar-refractivity contribution in [1.29, 1.82) is 0 Å². The third kappa shape index (κ3) is 20.0. The minimum atomic E-state index is -1.08. The Hall–Kier alpha value is -2.60. The SMILES string of the molecule is C#C.CCCCN.Cc1ccc(OCC(=O)NCC(=O)O)cc1.O[C@@H]1CCNC1. The molecule has 0 spiro atoms. The van der Waals surface area contributed by atoms with Crippen molar-refractivity contribution in [3.8, 4) is 18.6 Å². The van der Waals surface area contributed by atoms with Gasteiger partial charge < -0.3 is 31.3 Å². The van der Waals surface area contributed by atoms with Gasteiger partial charge in [0.1, 0.15) is 12.3 Å². The third-order valence-corrected chi connectivity index (χ3v) is 3.42. The highest BCUT2D eigenvalue weighted by molar-refractivity contribution is 5.82. The summed E-state index contributed by atoms with van der Waals surface area (Å²) < 4.78 is 5.15. The van der Waals surface area contributed by atoms with Crippen molar-refractivity contribution >= 4 is 11.9 Å². The van der Waals surface area contributed by atoms with Crippen LogP contribution in [0.2, 0.25) is 0 Å². The molecule has 1 saturated heterocycles. The van der Waals surface area contributed by atoms with Gasteiger partial charge in [-0.05, 0) is 45.0 Å². The first-order valence-electron chi connectivity index (χ1n) is 9.49. The van der Waals surface area contributed by atoms with E-state index in [2.05, 4.69) is 30.4 Å². The fourth-order valence-corrected chi connectivity index (χ4v) is 1.85. The largest absolute Gasteiger partial charge is 0.484 e. The van der Waals surface area contributed by atoms with Gasteiger partial charge in [-0.2, -0.15) is 0 Å². The summed E-state index contributed by atoms with van der Waals surface area (Å²) in [6, 6.07) is 7.23. The first kappa shape index (κ1) is 28.6. The van der Waals surface area contributed by atoms with Gasteiger partial charge in [0.05, 0.1) is 6.10 Å². The van der Waals surface area contributed by atoms with Crippen LogP contribution in [-0.4, -0.2) is 61.0 Å². The number of terminal acetylenes is 1. The molecule has 29 heavy (non-hydrogen) atoms. The van der Waals surface area contributed by atoms with Gasteiger partial charge in [-0.15, -0.1) is 12.8 Å². The minimum absolute atomic E-state index is 0.0648. The maximum absolute atomic E-state index is 11.1. The summed E-state index contributed by atoms with van der Waals surface area (Å²) in [4.78, 5) is 21.2. The van der Waals surface area contributed by atoms with Gasteiger partial charge in [0.15, 0.2) is 6.61 Å². The van der Waals surface area contributed by atoms with Gasteiger partial charge >= 0.3 is 5.97 Å². The lowest BCUT2D eigenvalue weighted by Crippen LogP contribution is -2.33. The summed E-state index contributed by atoms with van der Waals surface area (Å²) in [5.41, 5.74) is 6.24. The number of aliphatic hydroxyl groups is 1. The van der Waals surface area contributed by atoms with E-state index >= 15 is 0 Å². The molecule has 1 aliphatic heterocycles. The molecule has 2 rings (SSSR count). The number of aliphatic hydroxyl groups excluding tert-OH is 1. The van der Waals surface area contributed by atoms with Crippen LogP contribution in [0.3, 0.4) is 0 Å². The number of carbonyl (C=O) groups excluding carboxylic acids is 1. The maximum Gasteiger partial charge on any atom is 0.322 e. The smallest absolute Gasteiger partial charge is 0.322 e. The fourth-order valence-electron chi connectivity index (χ4n) is 1.85. The van der Waals surface area contributed by atoms with Crippen LogP contribution in [0.4, 0.5) is 0 Å². The molecular weight excluding hydrogens is 374 g/mol. The molecule has 6 N–H and O–H groups in total. The summed E-state index contributed by atoms with van der Waals surface area (Å²) in [7, 11) is 0. The molecule has 1 atom stereocenters. The molecule has 1 fully saturated rings. The number of aryl methyl sites for hydroxylation is 1. The Morgan fingerprint density at radius 3 is 2.28 bits per heavy atom. The molecule has 0 unspecified atom stereocenters. The number of hydrogen-bond acceptors (Lipinski definition) is 6. The van der Waals surface area contributed by atoms with Crippen LogP contribution in [0.25, 0.3) is 0 Å². The normalized spacial score (nSPS) is 13.9. The number of carbonyl (C=O) groups is 2. The average molecular weight is 410 g/mol. The summed E-state index contributed by atoms with van der Waals surface area (Å²) in [5.74, 6) is -0.956. The van der Waals surface area contributed by atoms with E-state index in [4.69, 9.17) is 20.7 Å². The quantitative estimate of drug-likeness (QED) is 0.423. The van der Waals surface area contributed by atoms with E-state index in [-0.39, 0.29) is 12.7 Å². The van der Waals surface area contributed by atoms with Crippen LogP contribution in [0.1, 0.15) is 31.7 Å². The number of unbranched alkanes of at least 4 members (excludes halogenated alkanes) is 1. The predicted octanol–water partition coefficient (Wildman–Crippen LogP) is 0.910. The summed E-state index contributed by atoms with van der Waals surface area (Å²) in [6.07, 6.45) is 11.3. The molecule has 1 aromatic rings. The third-order valence-electron chi connectivity index (χ3n) is 3.42. The van der Waals surface area contributed by atoms with Gasteiger partial charge in [0.2, 0.25) is 0 Å². The Labute approximate surface area is 173 Å². The van der Waals surface area contributed by atoms with Gasteiger partial charge in [0.25, 0.3) is 5.91 Å². The number of carboxylic acids is 1. The van der Waals surface area contributed by atoms with E-state index in [9.17, 15) is 9.59 Å². The second-order valence-corrected chi connectivity index (χ2v) is 6.06. The van der Waals surface area contributed by atoms with Crippen molar-refractivity contribution in [1.82, 2.24) is 10.6 Å². The number of carboxylic acid groups (broad SMARTS) is 1. The first-order chi connectivity index (χ1) is 13.9. The first-order valence-corrected chi connectivity index (χ1v) is 9.49. The fraction of sp³-hybridized carbons (Fsp3) is 0.524. The second-order valence-electron chi connectivity index (χ2n) is 6.06. The Bertz CT molecular complexity index is 553. The van der Waals surface area contributed by atoms with Gasteiger partial charge in [-0.25, -0.2) is 0 Å². The highest BCUT2D eigenvalue weighted by Gasteiger charge is 2.08. The van der Waals surface area contributed by atoms with Gasteiger partial charge in [-0.3, -0.25) is 9.59 Å². The number of rotatable bonds is 7. The molecule has 0 saturated carbocycles. The van der Waals surface area contributed by atoms with Crippen LogP contribution in [0.15, 0.2) is 24.3 Å². The number of β-amino-alcohol motifs (C(OH)–C–C–N with tert-alkyl or cyclic N) is 1. The topological polar surface area (TPSA) is 134 Å².